The van der Waals surface area contributed by atoms with Crippen molar-refractivity contribution >= 4 is 8.32 Å². The zero-order valence-electron chi connectivity index (χ0n) is 20.4. The van der Waals surface area contributed by atoms with Gasteiger partial charge in [0, 0.05) is 0 Å². The van der Waals surface area contributed by atoms with Gasteiger partial charge < -0.3 is 0 Å². The Balaban J connectivity index is 1.84. The molecule has 0 bridgehead atoms. The molecule has 3 rings (SSSR count). The van der Waals surface area contributed by atoms with Crippen molar-refractivity contribution in [2.75, 3.05) is 20.3 Å². The van der Waals surface area contributed by atoms with Gasteiger partial charge in [-0.3, -0.25) is 0 Å². The number of methoxy groups -OCH3 is 1. The number of rotatable bonds is 10. The molecule has 0 saturated carbocycles. The standard InChI is InChI=1S/C22H36N5O5Si/c1-8-9-30-12-16-11-26(21(28)25-20(16)27-15-23-14-24-27)19-10-17(29-5)18(32-19)13-31-33(6,7)22(2,3)4/h8,11,14-15,17-19,33H,1,9-10,12-13H2,2-7H3/q-1/t17?,18-,19-/m1/s1. The first-order valence-corrected chi connectivity index (χ1v) is 14.6. The first-order valence-electron chi connectivity index (χ1n) is 11.3. The summed E-state index contributed by atoms with van der Waals surface area (Å²) in [7, 11) is -0.613. The summed E-state index contributed by atoms with van der Waals surface area (Å²) >= 11 is 0. The van der Waals surface area contributed by atoms with Gasteiger partial charge in [0.05, 0.1) is 0 Å². The van der Waals surface area contributed by atoms with Gasteiger partial charge in [0.25, 0.3) is 0 Å². The molecule has 184 valence electrons. The molecule has 11 heteroatoms. The van der Waals surface area contributed by atoms with Gasteiger partial charge >= 0.3 is 189 Å². The molecule has 0 N–H and O–H groups in total. The van der Waals surface area contributed by atoms with Gasteiger partial charge in [0.1, 0.15) is 0 Å². The quantitative estimate of drug-likeness (QED) is 0.292. The molecule has 33 heavy (non-hydrogen) atoms. The van der Waals surface area contributed by atoms with Crippen molar-refractivity contribution in [1.29, 1.82) is 0 Å². The second-order valence-electron chi connectivity index (χ2n) is 10.0. The Bertz CT molecular complexity index is 986. The van der Waals surface area contributed by atoms with Crippen LogP contribution in [0.25, 0.3) is 5.82 Å². The molecule has 1 aliphatic rings. The molecular formula is C22H36N5O5Si-. The number of hydrogen-bond acceptors (Lipinski definition) is 8. The fourth-order valence-corrected chi connectivity index (χ4v) is 4.60. The Morgan fingerprint density at radius 3 is 2.73 bits per heavy atom. The van der Waals surface area contributed by atoms with E-state index in [0.717, 1.165) is 0 Å². The third-order valence-electron chi connectivity index (χ3n) is 6.69. The molecule has 2 aromatic heterocycles. The molecule has 1 aliphatic heterocycles. The van der Waals surface area contributed by atoms with E-state index in [-0.39, 0.29) is 23.9 Å². The summed E-state index contributed by atoms with van der Waals surface area (Å²) in [5.41, 5.74) is 0.239. The predicted molar refractivity (Wildman–Crippen MR) is 127 cm³/mol. The van der Waals surface area contributed by atoms with Crippen LogP contribution in [0.5, 0.6) is 0 Å². The summed E-state index contributed by atoms with van der Waals surface area (Å²) in [4.78, 5) is 21.1. The van der Waals surface area contributed by atoms with E-state index < -0.39 is 20.2 Å². The van der Waals surface area contributed by atoms with Gasteiger partial charge in [-0.1, -0.05) is 0 Å². The molecular weight excluding hydrogens is 442 g/mol. The van der Waals surface area contributed by atoms with E-state index in [4.69, 9.17) is 18.6 Å². The maximum atomic E-state index is 12.9. The minimum absolute atomic E-state index is 0.117. The van der Waals surface area contributed by atoms with Crippen molar-refractivity contribution in [3.63, 3.8) is 0 Å². The third kappa shape index (κ3) is 5.85. The molecule has 3 atom stereocenters. The molecule has 10 nitrogen and oxygen atoms in total. The summed E-state index contributed by atoms with van der Waals surface area (Å²) in [6.45, 7) is 15.8. The van der Waals surface area contributed by atoms with Crippen LogP contribution in [-0.2, 0) is 25.2 Å². The van der Waals surface area contributed by atoms with Gasteiger partial charge in [-0.2, -0.15) is 0 Å². The van der Waals surface area contributed by atoms with E-state index >= 15 is 0 Å². The fraction of sp³-hybridized carbons (Fsp3) is 0.636. The predicted octanol–water partition coefficient (Wildman–Crippen LogP) is 2.58. The summed E-state index contributed by atoms with van der Waals surface area (Å²) in [5.74, 6) is 0.373. The molecule has 1 fully saturated rings. The summed E-state index contributed by atoms with van der Waals surface area (Å²) in [6.07, 6.45) is 5.79. The molecule has 1 unspecified atom stereocenters. The van der Waals surface area contributed by atoms with Gasteiger partial charge in [-0.05, 0) is 0 Å². The zero-order valence-corrected chi connectivity index (χ0v) is 21.6. The van der Waals surface area contributed by atoms with Crippen LogP contribution in [0.1, 0.15) is 39.0 Å². The van der Waals surface area contributed by atoms with Crippen molar-refractivity contribution in [2.45, 2.75) is 70.4 Å². The van der Waals surface area contributed by atoms with Crippen LogP contribution in [0.15, 0.2) is 36.3 Å². The number of nitrogens with zero attached hydrogens (tertiary/aromatic N) is 5. The maximum absolute atomic E-state index is 12.9. The molecule has 3 heterocycles. The van der Waals surface area contributed by atoms with Crippen molar-refractivity contribution < 1.29 is 18.6 Å². The Hall–Kier alpha value is -2.18. The molecule has 0 aromatic carbocycles. The summed E-state index contributed by atoms with van der Waals surface area (Å²) in [6, 6.07) is 0. The average molecular weight is 479 g/mol. The van der Waals surface area contributed by atoms with Gasteiger partial charge in [0.2, 0.25) is 0 Å². The Morgan fingerprint density at radius 1 is 1.36 bits per heavy atom. The van der Waals surface area contributed by atoms with Crippen LogP contribution < -0.4 is 5.69 Å². The average Bonchev–Trinajstić information content (AvgIpc) is 3.42. The Morgan fingerprint density at radius 2 is 2.12 bits per heavy atom. The monoisotopic (exact) mass is 478 g/mol. The van der Waals surface area contributed by atoms with E-state index in [1.165, 1.54) is 21.9 Å². The van der Waals surface area contributed by atoms with Crippen LogP contribution in [0.3, 0.4) is 0 Å². The minimum atomic E-state index is -2.27. The van der Waals surface area contributed by atoms with Crippen molar-refractivity contribution in [1.82, 2.24) is 24.3 Å². The van der Waals surface area contributed by atoms with E-state index in [0.29, 0.717) is 31.0 Å². The van der Waals surface area contributed by atoms with Crippen molar-refractivity contribution in [3.05, 3.63) is 47.6 Å². The normalized spacial score (nSPS) is 21.9. The van der Waals surface area contributed by atoms with Crippen LogP contribution in [0, 0.1) is 0 Å². The first-order chi connectivity index (χ1) is 15.6. The van der Waals surface area contributed by atoms with E-state index in [2.05, 4.69) is 55.5 Å². The second-order valence-corrected chi connectivity index (χ2v) is 15.6. The number of hydrogen-bond donors (Lipinski definition) is 0. The fourth-order valence-electron chi connectivity index (χ4n) is 3.43. The molecule has 0 aliphatic carbocycles. The number of aromatic nitrogens is 5. The second kappa shape index (κ2) is 10.4. The van der Waals surface area contributed by atoms with Crippen molar-refractivity contribution in [2.24, 2.45) is 0 Å². The Labute approximate surface area is 195 Å². The summed E-state index contributed by atoms with van der Waals surface area (Å²) < 4.78 is 26.9. The van der Waals surface area contributed by atoms with E-state index in [1.807, 2.05) is 0 Å². The topological polar surface area (TPSA) is 103 Å². The van der Waals surface area contributed by atoms with Gasteiger partial charge in [-0.15, -0.1) is 6.58 Å². The first kappa shape index (κ1) is 25.4. The molecule has 0 amide bonds. The van der Waals surface area contributed by atoms with Crippen LogP contribution in [0.4, 0.5) is 0 Å². The molecule has 0 spiro atoms. The van der Waals surface area contributed by atoms with Gasteiger partial charge in [-0.25, -0.2) is 0 Å². The molecule has 0 radical (unpaired) electrons. The van der Waals surface area contributed by atoms with Crippen LogP contribution >= 0.6 is 0 Å². The third-order valence-corrected chi connectivity index (χ3v) is 11.9. The number of ether oxygens (including phenoxy) is 3. The molecule has 1 saturated heterocycles. The Kier molecular flexibility index (Phi) is 8.01. The summed E-state index contributed by atoms with van der Waals surface area (Å²) in [5, 5.41) is 4.22. The molecule has 2 aromatic rings. The van der Waals surface area contributed by atoms with Crippen molar-refractivity contribution in [3.8, 4) is 5.82 Å². The SMILES string of the molecule is C=CCOCc1cn([C@H]2CC(OC)[C@@H](CO[SiH-](C)(C)C(C)(C)C)O2)c(=O)nc1-n1cncn1. The van der Waals surface area contributed by atoms with E-state index in [1.54, 1.807) is 19.4 Å². The van der Waals surface area contributed by atoms with Gasteiger partial charge in [0.15, 0.2) is 0 Å². The van der Waals surface area contributed by atoms with Crippen LogP contribution in [-0.4, -0.2) is 65.2 Å². The van der Waals surface area contributed by atoms with Crippen LogP contribution in [0.2, 0.25) is 18.1 Å². The van der Waals surface area contributed by atoms with E-state index in [9.17, 15) is 4.79 Å². The zero-order chi connectivity index (χ0) is 24.2.